The van der Waals surface area contributed by atoms with E-state index in [1.54, 1.807) is 6.07 Å². The predicted molar refractivity (Wildman–Crippen MR) is 65.7 cm³/mol. The SMILES string of the molecule is O=C(NCc1ccno1)Nc1ccc(F)c(C(=O)O)c1. The zero-order chi connectivity index (χ0) is 14.5. The number of amides is 2. The van der Waals surface area contributed by atoms with E-state index in [0.29, 0.717) is 5.76 Å². The lowest BCUT2D eigenvalue weighted by atomic mass is 10.2. The third-order valence-electron chi connectivity index (χ3n) is 2.37. The van der Waals surface area contributed by atoms with Gasteiger partial charge in [-0.25, -0.2) is 14.0 Å². The summed E-state index contributed by atoms with van der Waals surface area (Å²) >= 11 is 0. The van der Waals surface area contributed by atoms with Gasteiger partial charge >= 0.3 is 12.0 Å². The third-order valence-corrected chi connectivity index (χ3v) is 2.37. The summed E-state index contributed by atoms with van der Waals surface area (Å²) in [5.74, 6) is -1.82. The van der Waals surface area contributed by atoms with Crippen LogP contribution in [0.15, 0.2) is 35.0 Å². The zero-order valence-electron chi connectivity index (χ0n) is 10.1. The summed E-state index contributed by atoms with van der Waals surface area (Å²) in [6.07, 6.45) is 1.44. The van der Waals surface area contributed by atoms with Crippen LogP contribution in [-0.4, -0.2) is 22.3 Å². The molecule has 0 atom stereocenters. The number of nitrogens with zero attached hydrogens (tertiary/aromatic N) is 1. The van der Waals surface area contributed by atoms with Crippen molar-refractivity contribution in [2.24, 2.45) is 0 Å². The standard InChI is InChI=1S/C12H10FN3O4/c13-10-2-1-7(5-9(10)11(17)18)16-12(19)14-6-8-3-4-15-20-8/h1-5H,6H2,(H,17,18)(H2,14,16,19). The number of carboxylic acids is 1. The zero-order valence-corrected chi connectivity index (χ0v) is 10.1. The second-order valence-electron chi connectivity index (χ2n) is 3.79. The summed E-state index contributed by atoms with van der Waals surface area (Å²) in [7, 11) is 0. The van der Waals surface area contributed by atoms with Gasteiger partial charge in [-0.1, -0.05) is 5.16 Å². The van der Waals surface area contributed by atoms with E-state index in [1.807, 2.05) is 0 Å². The van der Waals surface area contributed by atoms with Crippen LogP contribution in [0.3, 0.4) is 0 Å². The molecule has 1 heterocycles. The molecule has 2 aromatic rings. The Kier molecular flexibility index (Phi) is 3.94. The molecule has 0 unspecified atom stereocenters. The molecule has 104 valence electrons. The first-order chi connectivity index (χ1) is 9.56. The number of nitrogens with one attached hydrogen (secondary N) is 2. The second kappa shape index (κ2) is 5.83. The summed E-state index contributed by atoms with van der Waals surface area (Å²) in [5.41, 5.74) is -0.350. The number of urea groups is 1. The van der Waals surface area contributed by atoms with Crippen molar-refractivity contribution >= 4 is 17.7 Å². The van der Waals surface area contributed by atoms with E-state index in [9.17, 15) is 14.0 Å². The molecule has 0 aliphatic carbocycles. The second-order valence-corrected chi connectivity index (χ2v) is 3.79. The number of carbonyl (C=O) groups is 2. The first-order valence-electron chi connectivity index (χ1n) is 5.53. The van der Waals surface area contributed by atoms with Crippen molar-refractivity contribution in [1.29, 1.82) is 0 Å². The van der Waals surface area contributed by atoms with Gasteiger partial charge in [-0.3, -0.25) is 0 Å². The molecule has 1 aromatic heterocycles. The van der Waals surface area contributed by atoms with Crippen LogP contribution in [0.5, 0.6) is 0 Å². The fourth-order valence-electron chi connectivity index (χ4n) is 1.44. The molecule has 2 rings (SSSR count). The highest BCUT2D eigenvalue weighted by Gasteiger charge is 2.12. The highest BCUT2D eigenvalue weighted by Crippen LogP contribution is 2.14. The van der Waals surface area contributed by atoms with Gasteiger partial charge in [-0.2, -0.15) is 0 Å². The number of halogens is 1. The minimum Gasteiger partial charge on any atom is -0.478 e. The van der Waals surface area contributed by atoms with Crippen molar-refractivity contribution in [1.82, 2.24) is 10.5 Å². The van der Waals surface area contributed by atoms with E-state index in [0.717, 1.165) is 12.1 Å². The van der Waals surface area contributed by atoms with Gasteiger partial charge in [0.15, 0.2) is 5.76 Å². The normalized spacial score (nSPS) is 10.1. The van der Waals surface area contributed by atoms with E-state index in [4.69, 9.17) is 9.63 Å². The number of benzene rings is 1. The van der Waals surface area contributed by atoms with E-state index in [2.05, 4.69) is 15.8 Å². The van der Waals surface area contributed by atoms with Gasteiger partial charge in [0.2, 0.25) is 0 Å². The van der Waals surface area contributed by atoms with Crippen molar-refractivity contribution in [2.75, 3.05) is 5.32 Å². The van der Waals surface area contributed by atoms with Crippen LogP contribution in [0.2, 0.25) is 0 Å². The molecule has 3 N–H and O–H groups in total. The van der Waals surface area contributed by atoms with Gasteiger partial charge in [0.25, 0.3) is 0 Å². The molecule has 0 bridgehead atoms. The molecular weight excluding hydrogens is 269 g/mol. The van der Waals surface area contributed by atoms with Crippen LogP contribution in [0.1, 0.15) is 16.1 Å². The number of anilines is 1. The smallest absolute Gasteiger partial charge is 0.338 e. The maximum Gasteiger partial charge on any atom is 0.338 e. The Balaban J connectivity index is 1.97. The number of rotatable bonds is 4. The minimum absolute atomic E-state index is 0.124. The molecule has 0 fully saturated rings. The molecule has 0 spiro atoms. The van der Waals surface area contributed by atoms with Gasteiger partial charge in [0.05, 0.1) is 18.3 Å². The van der Waals surface area contributed by atoms with E-state index < -0.39 is 23.4 Å². The molecule has 7 nitrogen and oxygen atoms in total. The van der Waals surface area contributed by atoms with Gasteiger partial charge in [-0.05, 0) is 18.2 Å². The van der Waals surface area contributed by atoms with Gasteiger partial charge in [-0.15, -0.1) is 0 Å². The lowest BCUT2D eigenvalue weighted by molar-refractivity contribution is 0.0692. The number of carboxylic acid groups (broad SMARTS) is 1. The van der Waals surface area contributed by atoms with E-state index >= 15 is 0 Å². The Morgan fingerprint density at radius 1 is 1.35 bits per heavy atom. The molecule has 0 aliphatic rings. The lowest BCUT2D eigenvalue weighted by Gasteiger charge is -2.07. The number of hydrogen-bond acceptors (Lipinski definition) is 4. The Morgan fingerprint density at radius 2 is 2.15 bits per heavy atom. The summed E-state index contributed by atoms with van der Waals surface area (Å²) < 4.78 is 17.9. The number of carbonyl (C=O) groups excluding carboxylic acids is 1. The molecule has 20 heavy (non-hydrogen) atoms. The summed E-state index contributed by atoms with van der Waals surface area (Å²) in [6.45, 7) is 0.124. The minimum atomic E-state index is -1.41. The Bertz CT molecular complexity index is 628. The van der Waals surface area contributed by atoms with E-state index in [-0.39, 0.29) is 12.2 Å². The number of aromatic carboxylic acids is 1. The third kappa shape index (κ3) is 3.31. The van der Waals surface area contributed by atoms with Crippen LogP contribution in [0.25, 0.3) is 0 Å². The Labute approximate surface area is 112 Å². The molecule has 2 amide bonds. The van der Waals surface area contributed by atoms with Crippen molar-refractivity contribution in [3.63, 3.8) is 0 Å². The maximum atomic E-state index is 13.2. The molecule has 0 radical (unpaired) electrons. The summed E-state index contributed by atoms with van der Waals surface area (Å²) in [4.78, 5) is 22.3. The maximum absolute atomic E-state index is 13.2. The fraction of sp³-hybridized carbons (Fsp3) is 0.0833. The van der Waals surface area contributed by atoms with Gasteiger partial charge in [0.1, 0.15) is 5.82 Å². The van der Waals surface area contributed by atoms with Crippen LogP contribution in [0, 0.1) is 5.82 Å². The van der Waals surface area contributed by atoms with Crippen LogP contribution in [-0.2, 0) is 6.54 Å². The van der Waals surface area contributed by atoms with Crippen LogP contribution >= 0.6 is 0 Å². The van der Waals surface area contributed by atoms with Gasteiger partial charge in [0, 0.05) is 11.8 Å². The quantitative estimate of drug-likeness (QED) is 0.792. The van der Waals surface area contributed by atoms with Crippen molar-refractivity contribution in [3.05, 3.63) is 47.6 Å². The number of aromatic nitrogens is 1. The average molecular weight is 279 g/mol. The summed E-state index contributed by atoms with van der Waals surface area (Å²) in [6, 6.07) is 4.27. The monoisotopic (exact) mass is 279 g/mol. The van der Waals surface area contributed by atoms with Crippen LogP contribution in [0.4, 0.5) is 14.9 Å². The molecule has 0 saturated heterocycles. The Morgan fingerprint density at radius 3 is 2.80 bits per heavy atom. The molecule has 0 aliphatic heterocycles. The first-order valence-corrected chi connectivity index (χ1v) is 5.53. The van der Waals surface area contributed by atoms with Gasteiger partial charge < -0.3 is 20.3 Å². The molecular formula is C12H10FN3O4. The van der Waals surface area contributed by atoms with Crippen molar-refractivity contribution in [3.8, 4) is 0 Å². The highest BCUT2D eigenvalue weighted by atomic mass is 19.1. The highest BCUT2D eigenvalue weighted by molar-refractivity contribution is 5.93. The average Bonchev–Trinajstić information content (AvgIpc) is 2.91. The lowest BCUT2D eigenvalue weighted by Crippen LogP contribution is -2.28. The molecule has 0 saturated carbocycles. The fourth-order valence-corrected chi connectivity index (χ4v) is 1.44. The van der Waals surface area contributed by atoms with Crippen molar-refractivity contribution < 1.29 is 23.6 Å². The van der Waals surface area contributed by atoms with E-state index in [1.165, 1.54) is 12.3 Å². The van der Waals surface area contributed by atoms with Crippen molar-refractivity contribution in [2.45, 2.75) is 6.54 Å². The topological polar surface area (TPSA) is 104 Å². The molecule has 1 aromatic carbocycles. The predicted octanol–water partition coefficient (Wildman–Crippen LogP) is 1.83. The number of hydrogen-bond donors (Lipinski definition) is 3. The largest absolute Gasteiger partial charge is 0.478 e. The van der Waals surface area contributed by atoms with Crippen LogP contribution < -0.4 is 10.6 Å². The Hall–Kier alpha value is -2.90. The summed E-state index contributed by atoms with van der Waals surface area (Å²) in [5, 5.41) is 17.1. The molecule has 8 heteroatoms. The first kappa shape index (κ1) is 13.5.